The summed E-state index contributed by atoms with van der Waals surface area (Å²) >= 11 is 0. The molecule has 0 heterocycles. The molecule has 0 N–H and O–H groups in total. The third-order valence-electron chi connectivity index (χ3n) is 4.48. The fourth-order valence-electron chi connectivity index (χ4n) is 2.83. The van der Waals surface area contributed by atoms with E-state index in [1.54, 1.807) is 0 Å². The van der Waals surface area contributed by atoms with Gasteiger partial charge in [0.05, 0.1) is 0 Å². The molecule has 152 valence electrons. The summed E-state index contributed by atoms with van der Waals surface area (Å²) in [5, 5.41) is 0. The van der Waals surface area contributed by atoms with Crippen molar-refractivity contribution in [3.05, 3.63) is 97.2 Å². The highest BCUT2D eigenvalue weighted by Crippen LogP contribution is 2.07. The lowest BCUT2D eigenvalue weighted by molar-refractivity contribution is 0.730. The van der Waals surface area contributed by atoms with Crippen LogP contribution in [0.2, 0.25) is 0 Å². The molecule has 5 rings (SSSR count). The van der Waals surface area contributed by atoms with Gasteiger partial charge in [0, 0.05) is 0 Å². The maximum Gasteiger partial charge on any atom is -0.0163 e. The molecule has 0 spiro atoms. The van der Waals surface area contributed by atoms with Crippen molar-refractivity contribution >= 4 is 0 Å². The van der Waals surface area contributed by atoms with E-state index in [0.717, 1.165) is 19.3 Å². The minimum absolute atomic E-state index is 1.14. The number of hydrogen-bond donors (Lipinski definition) is 0. The zero-order chi connectivity index (χ0) is 19.8. The second kappa shape index (κ2) is 21.2. The molecule has 5 aliphatic rings. The molecule has 0 heteroatoms. The SMILES string of the molecule is C1=CCC=C1.C1=CCC=CC1.C1=CCCC1.C1=CCCC=C1.C1=CCCCC1. The number of hydrogen-bond acceptors (Lipinski definition) is 0. The molecule has 0 radical (unpaired) electrons. The van der Waals surface area contributed by atoms with Crippen LogP contribution >= 0.6 is 0 Å². The standard InChI is InChI=1S/C6H10.2C6H8.C5H8.C5H6/c3*1-2-4-6-5-3-1;2*1-2-4-5-3-1/h1-2H,3-6H2;1-2,5-6H,3-4H2;1-4H,5-6H2;1-2H,3-5H2;1-4H,5H2. The summed E-state index contributed by atoms with van der Waals surface area (Å²) < 4.78 is 0. The normalized spacial score (nSPS) is 19.4. The lowest BCUT2D eigenvalue weighted by Gasteiger charge is -1.97. The quantitative estimate of drug-likeness (QED) is 0.370. The Morgan fingerprint density at radius 1 is 0.250 bits per heavy atom. The lowest BCUT2D eigenvalue weighted by Crippen LogP contribution is -1.77. The smallest absolute Gasteiger partial charge is 0.0163 e. The largest absolute Gasteiger partial charge is 0.0885 e. The van der Waals surface area contributed by atoms with Gasteiger partial charge in [-0.25, -0.2) is 0 Å². The highest BCUT2D eigenvalue weighted by atomic mass is 13.9. The Bertz CT molecular complexity index is 502. The molecule has 0 aromatic carbocycles. The summed E-state index contributed by atoms with van der Waals surface area (Å²) in [4.78, 5) is 0. The first-order valence-corrected chi connectivity index (χ1v) is 11.2. The van der Waals surface area contributed by atoms with Crippen molar-refractivity contribution in [2.24, 2.45) is 0 Å². The molecule has 0 fully saturated rings. The molecule has 0 amide bonds. The minimum atomic E-state index is 1.14. The Morgan fingerprint density at radius 3 is 0.786 bits per heavy atom. The molecule has 0 bridgehead atoms. The third kappa shape index (κ3) is 18.7. The predicted molar refractivity (Wildman–Crippen MR) is 129 cm³/mol. The fourth-order valence-corrected chi connectivity index (χ4v) is 2.83. The summed E-state index contributed by atoms with van der Waals surface area (Å²) in [6.07, 6.45) is 50.0. The van der Waals surface area contributed by atoms with Gasteiger partial charge in [0.15, 0.2) is 0 Å². The maximum absolute atomic E-state index is 2.27. The second-order valence-corrected chi connectivity index (χ2v) is 7.10. The molecule has 0 saturated carbocycles. The van der Waals surface area contributed by atoms with Crippen LogP contribution in [-0.2, 0) is 0 Å². The van der Waals surface area contributed by atoms with Gasteiger partial charge in [-0.3, -0.25) is 0 Å². The Morgan fingerprint density at radius 2 is 0.607 bits per heavy atom. The average molecular weight is 377 g/mol. The van der Waals surface area contributed by atoms with Crippen molar-refractivity contribution in [2.75, 3.05) is 0 Å². The van der Waals surface area contributed by atoms with Crippen LogP contribution in [-0.4, -0.2) is 0 Å². The van der Waals surface area contributed by atoms with Gasteiger partial charge in [-0.05, 0) is 77.0 Å². The summed E-state index contributed by atoms with van der Waals surface area (Å²) in [5.41, 5.74) is 0. The van der Waals surface area contributed by atoms with E-state index in [9.17, 15) is 0 Å². The van der Waals surface area contributed by atoms with E-state index in [0.29, 0.717) is 0 Å². The van der Waals surface area contributed by atoms with Crippen LogP contribution < -0.4 is 0 Å². The average Bonchev–Trinajstić information content (AvgIpc) is 3.58. The molecule has 0 unspecified atom stereocenters. The van der Waals surface area contributed by atoms with Gasteiger partial charge in [-0.15, -0.1) is 0 Å². The van der Waals surface area contributed by atoms with E-state index < -0.39 is 0 Å². The molecular formula is C28H40. The Hall–Kier alpha value is -2.08. The summed E-state index contributed by atoms with van der Waals surface area (Å²) in [7, 11) is 0. The zero-order valence-corrected chi connectivity index (χ0v) is 17.7. The van der Waals surface area contributed by atoms with Crippen molar-refractivity contribution in [3.63, 3.8) is 0 Å². The number of allylic oxidation sites excluding steroid dienone is 16. The van der Waals surface area contributed by atoms with Gasteiger partial charge in [-0.1, -0.05) is 97.2 Å². The maximum atomic E-state index is 2.27. The van der Waals surface area contributed by atoms with Crippen molar-refractivity contribution in [2.45, 2.75) is 77.0 Å². The van der Waals surface area contributed by atoms with E-state index in [4.69, 9.17) is 0 Å². The zero-order valence-electron chi connectivity index (χ0n) is 17.7. The van der Waals surface area contributed by atoms with Crippen molar-refractivity contribution in [3.8, 4) is 0 Å². The van der Waals surface area contributed by atoms with Crippen molar-refractivity contribution in [1.82, 2.24) is 0 Å². The Balaban J connectivity index is 0.000000175. The number of rotatable bonds is 0. The summed E-state index contributed by atoms with van der Waals surface area (Å²) in [6, 6.07) is 0. The lowest BCUT2D eigenvalue weighted by atomic mass is 10.1. The topological polar surface area (TPSA) is 0 Å². The van der Waals surface area contributed by atoms with E-state index in [-0.39, 0.29) is 0 Å². The fraction of sp³-hybridized carbons (Fsp3) is 0.429. The van der Waals surface area contributed by atoms with Gasteiger partial charge in [0.1, 0.15) is 0 Å². The molecule has 28 heavy (non-hydrogen) atoms. The molecule has 0 saturated heterocycles. The van der Waals surface area contributed by atoms with Gasteiger partial charge < -0.3 is 0 Å². The molecule has 0 aliphatic heterocycles. The molecule has 0 aromatic rings. The summed E-state index contributed by atoms with van der Waals surface area (Å²) in [6.45, 7) is 0. The van der Waals surface area contributed by atoms with Crippen molar-refractivity contribution < 1.29 is 0 Å². The van der Waals surface area contributed by atoms with Crippen LogP contribution in [0.5, 0.6) is 0 Å². The van der Waals surface area contributed by atoms with E-state index in [2.05, 4.69) is 97.2 Å². The molecule has 5 aliphatic carbocycles. The van der Waals surface area contributed by atoms with Gasteiger partial charge in [-0.2, -0.15) is 0 Å². The van der Waals surface area contributed by atoms with E-state index in [1.807, 2.05) is 0 Å². The van der Waals surface area contributed by atoms with Crippen LogP contribution in [0.25, 0.3) is 0 Å². The Labute approximate surface area is 174 Å². The van der Waals surface area contributed by atoms with Crippen molar-refractivity contribution in [1.29, 1.82) is 0 Å². The highest BCUT2D eigenvalue weighted by molar-refractivity contribution is 5.12. The predicted octanol–water partition coefficient (Wildman–Crippen LogP) is 9.13. The third-order valence-corrected chi connectivity index (χ3v) is 4.48. The first-order chi connectivity index (χ1) is 14.0. The van der Waals surface area contributed by atoms with Crippen LogP contribution in [0.1, 0.15) is 77.0 Å². The van der Waals surface area contributed by atoms with Gasteiger partial charge >= 0.3 is 0 Å². The molecule has 0 atom stereocenters. The van der Waals surface area contributed by atoms with Gasteiger partial charge in [0.2, 0.25) is 0 Å². The Kier molecular flexibility index (Phi) is 18.2. The van der Waals surface area contributed by atoms with Crippen LogP contribution in [0, 0.1) is 0 Å². The van der Waals surface area contributed by atoms with Crippen LogP contribution in [0.3, 0.4) is 0 Å². The molecular weight excluding hydrogens is 336 g/mol. The first-order valence-electron chi connectivity index (χ1n) is 11.2. The van der Waals surface area contributed by atoms with Crippen LogP contribution in [0.15, 0.2) is 97.2 Å². The highest BCUT2D eigenvalue weighted by Gasteiger charge is 1.87. The second-order valence-electron chi connectivity index (χ2n) is 7.10. The monoisotopic (exact) mass is 376 g/mol. The summed E-state index contributed by atoms with van der Waals surface area (Å²) in [5.74, 6) is 0. The first kappa shape index (κ1) is 24.0. The molecule has 0 aromatic heterocycles. The van der Waals surface area contributed by atoms with Gasteiger partial charge in [0.25, 0.3) is 0 Å². The molecule has 0 nitrogen and oxygen atoms in total. The van der Waals surface area contributed by atoms with Crippen LogP contribution in [0.4, 0.5) is 0 Å². The minimum Gasteiger partial charge on any atom is -0.0885 e. The van der Waals surface area contributed by atoms with E-state index in [1.165, 1.54) is 57.8 Å². The van der Waals surface area contributed by atoms with E-state index >= 15 is 0 Å².